The van der Waals surface area contributed by atoms with Crippen molar-refractivity contribution >= 4 is 26.8 Å². The number of nitriles is 1. The van der Waals surface area contributed by atoms with Gasteiger partial charge in [-0.3, -0.25) is 4.55 Å². The zero-order valence-electron chi connectivity index (χ0n) is 30.6. The Bertz CT molecular complexity index is 1400. The number of benzene rings is 2. The average molecular weight is 693 g/mol. The molecular weight excluding hydrogens is 637 g/mol. The van der Waals surface area contributed by atoms with Crippen LogP contribution in [-0.4, -0.2) is 13.0 Å². The first-order valence-electron chi connectivity index (χ1n) is 14.5. The average Bonchev–Trinajstić information content (AvgIpc) is 2.96. The van der Waals surface area contributed by atoms with E-state index in [0.29, 0.717) is 11.1 Å². The molecule has 2 aromatic carbocycles. The van der Waals surface area contributed by atoms with Crippen molar-refractivity contribution in [1.29, 1.82) is 5.26 Å². The Kier molecular flexibility index (Phi) is 32.8. The molecule has 12 heteroatoms. The lowest BCUT2D eigenvalue weighted by Crippen LogP contribution is -2.03. The highest BCUT2D eigenvalue weighted by Gasteiger charge is 2.33. The van der Waals surface area contributed by atoms with Crippen molar-refractivity contribution in [3.8, 4) is 6.07 Å². The number of nitrogens with zero attached hydrogens (tertiary/aromatic N) is 4. The SMILES string of the molecule is C=C(C)C.C=C(C)C.C=C(C)C.C=Cc1cc(S(=O)(=O)O)c(C)cc1CC.CC.CC#N.Cc1ccc(C)c(S(N=O)(N=O)N=O)c1. The third-order valence-corrected chi connectivity index (χ3v) is 6.92. The molecule has 0 unspecified atom stereocenters. The first-order chi connectivity index (χ1) is 21.6. The highest BCUT2D eigenvalue weighted by atomic mass is 32.3. The molecule has 0 aromatic heterocycles. The summed E-state index contributed by atoms with van der Waals surface area (Å²) in [5, 5.41) is 7.32. The molecule has 0 aliphatic rings. The van der Waals surface area contributed by atoms with Gasteiger partial charge in [-0.2, -0.15) is 13.7 Å². The van der Waals surface area contributed by atoms with Gasteiger partial charge in [0, 0.05) is 20.7 Å². The number of aryl methyl sites for hydroxylation is 4. The molecule has 0 fully saturated rings. The van der Waals surface area contributed by atoms with Crippen LogP contribution in [0, 0.1) is 46.8 Å². The minimum Gasteiger partial charge on any atom is -0.282 e. The van der Waals surface area contributed by atoms with Gasteiger partial charge in [0.15, 0.2) is 10.6 Å². The zero-order chi connectivity index (χ0) is 38.6. The molecule has 0 atom stereocenters. The molecule has 0 aliphatic carbocycles. The lowest BCUT2D eigenvalue weighted by atomic mass is 10.0. The lowest BCUT2D eigenvalue weighted by Gasteiger charge is -2.16. The summed E-state index contributed by atoms with van der Waals surface area (Å²) >= 11 is 0. The summed E-state index contributed by atoms with van der Waals surface area (Å²) in [6.45, 7) is 38.6. The fraction of sp³-hybridized carbons (Fsp3) is 0.400. The molecule has 0 saturated carbocycles. The zero-order valence-corrected chi connectivity index (χ0v) is 32.2. The Balaban J connectivity index is -0.000000170. The van der Waals surface area contributed by atoms with Gasteiger partial charge in [0.2, 0.25) is 0 Å². The van der Waals surface area contributed by atoms with Crippen LogP contribution in [0.25, 0.3) is 6.08 Å². The topological polar surface area (TPSA) is 166 Å². The minimum absolute atomic E-state index is 0.0467. The van der Waals surface area contributed by atoms with Gasteiger partial charge in [-0.1, -0.05) is 68.3 Å². The Morgan fingerprint density at radius 2 is 1.17 bits per heavy atom. The Hall–Kier alpha value is -4.05. The fourth-order valence-electron chi connectivity index (χ4n) is 2.70. The molecule has 0 amide bonds. The van der Waals surface area contributed by atoms with E-state index in [4.69, 9.17) is 9.81 Å². The van der Waals surface area contributed by atoms with Crippen LogP contribution >= 0.6 is 10.6 Å². The van der Waals surface area contributed by atoms with Crippen LogP contribution in [0.1, 0.15) is 97.1 Å². The monoisotopic (exact) mass is 692 g/mol. The van der Waals surface area contributed by atoms with Crippen LogP contribution in [0.2, 0.25) is 0 Å². The molecule has 0 aliphatic heterocycles. The maximum absolute atomic E-state index is 11.0. The van der Waals surface area contributed by atoms with E-state index < -0.39 is 20.7 Å². The Morgan fingerprint density at radius 1 is 0.809 bits per heavy atom. The second kappa shape index (κ2) is 29.4. The van der Waals surface area contributed by atoms with Gasteiger partial charge >= 0.3 is 0 Å². The summed E-state index contributed by atoms with van der Waals surface area (Å²) in [6.07, 6.45) is 2.39. The summed E-state index contributed by atoms with van der Waals surface area (Å²) < 4.78 is 38.6. The summed E-state index contributed by atoms with van der Waals surface area (Å²) in [5.74, 6) is 0. The standard InChI is InChI=1S/C11H14O3S.C8H9N3O3S.3C4H8.C2H3N.C2H6/c1-4-9-6-8(3)11(15(12,13)14)7-10(9)5-2;1-6-3-4-7(2)8(5-6)15(9-12,10-13)11-14;3*1-4(2)3;1-2-3;1-2/h5-7H,2,4H2,1,3H3,(H,12,13,14);3-5H,1-2H3;3*1H2,2-3H3;1H3;1-2H3. The van der Waals surface area contributed by atoms with Crippen molar-refractivity contribution in [2.24, 2.45) is 13.7 Å². The normalized spacial score (nSPS) is 9.38. The highest BCUT2D eigenvalue weighted by Crippen LogP contribution is 2.60. The third kappa shape index (κ3) is 26.8. The van der Waals surface area contributed by atoms with Gasteiger partial charge in [0.05, 0.1) is 15.9 Å². The van der Waals surface area contributed by atoms with E-state index in [0.717, 1.165) is 23.1 Å². The van der Waals surface area contributed by atoms with E-state index in [1.54, 1.807) is 51.1 Å². The van der Waals surface area contributed by atoms with E-state index in [-0.39, 0.29) is 9.79 Å². The van der Waals surface area contributed by atoms with Gasteiger partial charge < -0.3 is 0 Å². The molecule has 0 heterocycles. The number of hydrogen-bond donors (Lipinski definition) is 1. The van der Waals surface area contributed by atoms with E-state index in [2.05, 4.69) is 40.1 Å². The van der Waals surface area contributed by atoms with Crippen LogP contribution in [0.4, 0.5) is 0 Å². The summed E-state index contributed by atoms with van der Waals surface area (Å²) in [4.78, 5) is 31.8. The summed E-state index contributed by atoms with van der Waals surface area (Å²) in [7, 11) is -7.47. The summed E-state index contributed by atoms with van der Waals surface area (Å²) in [6, 6.07) is 9.99. The quantitative estimate of drug-likeness (QED) is 0.171. The first kappa shape index (κ1) is 52.5. The molecular formula is C35H56N4O6S2. The van der Waals surface area contributed by atoms with Crippen molar-refractivity contribution < 1.29 is 13.0 Å². The van der Waals surface area contributed by atoms with Crippen LogP contribution in [0.5, 0.6) is 0 Å². The first-order valence-corrected chi connectivity index (χ1v) is 17.4. The predicted octanol–water partition coefficient (Wildman–Crippen LogP) is 12.3. The van der Waals surface area contributed by atoms with Gasteiger partial charge in [0.1, 0.15) is 0 Å². The van der Waals surface area contributed by atoms with E-state index >= 15 is 0 Å². The van der Waals surface area contributed by atoms with E-state index in [1.807, 2.05) is 62.3 Å². The molecule has 2 rings (SSSR count). The van der Waals surface area contributed by atoms with Crippen molar-refractivity contribution in [1.82, 2.24) is 0 Å². The number of nitroso groups, excluding NO2 is 3. The highest BCUT2D eigenvalue weighted by molar-refractivity contribution is 8.30. The molecule has 2 aromatic rings. The molecule has 0 spiro atoms. The third-order valence-electron chi connectivity index (χ3n) is 4.27. The van der Waals surface area contributed by atoms with Crippen LogP contribution in [0.3, 0.4) is 0 Å². The van der Waals surface area contributed by atoms with Crippen LogP contribution in [-0.2, 0) is 16.5 Å². The number of allylic oxidation sites excluding steroid dienone is 3. The maximum atomic E-state index is 11.0. The van der Waals surface area contributed by atoms with E-state index in [9.17, 15) is 23.1 Å². The van der Waals surface area contributed by atoms with Crippen molar-refractivity contribution in [3.05, 3.63) is 116 Å². The van der Waals surface area contributed by atoms with Crippen molar-refractivity contribution in [2.75, 3.05) is 0 Å². The summed E-state index contributed by atoms with van der Waals surface area (Å²) in [5.41, 5.74) is 7.24. The van der Waals surface area contributed by atoms with Gasteiger partial charge in [-0.05, 0) is 109 Å². The largest absolute Gasteiger partial charge is 0.294 e. The molecule has 264 valence electrons. The van der Waals surface area contributed by atoms with E-state index in [1.165, 1.54) is 35.8 Å². The van der Waals surface area contributed by atoms with Crippen LogP contribution < -0.4 is 0 Å². The molecule has 0 bridgehead atoms. The Labute approximate surface area is 286 Å². The molecule has 0 radical (unpaired) electrons. The van der Waals surface area contributed by atoms with Crippen LogP contribution in [0.15, 0.2) is 96.9 Å². The number of rotatable bonds is 7. The van der Waals surface area contributed by atoms with Crippen molar-refractivity contribution in [2.45, 2.75) is 106 Å². The predicted molar refractivity (Wildman–Crippen MR) is 204 cm³/mol. The second-order valence-corrected chi connectivity index (χ2v) is 13.5. The minimum atomic E-state index is -4.14. The van der Waals surface area contributed by atoms with Crippen molar-refractivity contribution in [3.63, 3.8) is 0 Å². The lowest BCUT2D eigenvalue weighted by molar-refractivity contribution is 0.482. The second-order valence-electron chi connectivity index (χ2n) is 10.2. The van der Waals surface area contributed by atoms with Gasteiger partial charge in [0.25, 0.3) is 10.1 Å². The molecule has 47 heavy (non-hydrogen) atoms. The maximum Gasteiger partial charge on any atom is 0.294 e. The van der Waals surface area contributed by atoms with Gasteiger partial charge in [-0.15, -0.1) is 34.5 Å². The fourth-order valence-corrected chi connectivity index (χ4v) is 4.61. The molecule has 10 nitrogen and oxygen atoms in total. The Morgan fingerprint density at radius 3 is 1.45 bits per heavy atom. The van der Waals surface area contributed by atoms with Gasteiger partial charge in [-0.25, -0.2) is 0 Å². The molecule has 1 N–H and O–H groups in total. The molecule has 0 saturated heterocycles. The number of hydrogen-bond acceptors (Lipinski definition) is 9. The smallest absolute Gasteiger partial charge is 0.282 e.